The third kappa shape index (κ3) is 8.16. The molecule has 0 aliphatic rings. The Hall–Kier alpha value is -0.950. The van der Waals surface area contributed by atoms with Crippen molar-refractivity contribution in [2.45, 2.75) is 25.7 Å². The Labute approximate surface area is 139 Å². The Bertz CT molecular complexity index is 420. The minimum atomic E-state index is -0.827. The molecule has 0 aliphatic carbocycles. The number of alkyl halides is 1. The number of hydrogen-bond acceptors (Lipinski definition) is 4. The number of unbranched alkanes of at least 4 members (excludes halogenated alkanes) is 3. The average molecular weight is 404 g/mol. The molecule has 0 amide bonds. The van der Waals surface area contributed by atoms with E-state index in [1.165, 1.54) is 17.3 Å². The molecule has 0 atom stereocenters. The quantitative estimate of drug-likeness (QED) is 0.142. The van der Waals surface area contributed by atoms with Gasteiger partial charge in [-0.05, 0) is 17.3 Å². The molecule has 0 saturated carbocycles. The minimum Gasteiger partial charge on any atom is -0.457 e. The van der Waals surface area contributed by atoms with E-state index in [4.69, 9.17) is 9.47 Å². The van der Waals surface area contributed by atoms with Crippen molar-refractivity contribution in [3.8, 4) is 0 Å². The molecular formula is C16H21IO4. The zero-order valence-electron chi connectivity index (χ0n) is 12.1. The number of ketones is 1. The molecule has 0 bridgehead atoms. The van der Waals surface area contributed by atoms with Crippen LogP contribution in [0.2, 0.25) is 0 Å². The molecule has 0 unspecified atom stereocenters. The molecule has 1 aromatic rings. The molecule has 0 fully saturated rings. The van der Waals surface area contributed by atoms with Gasteiger partial charge in [0.25, 0.3) is 5.78 Å². The summed E-state index contributed by atoms with van der Waals surface area (Å²) in [6.07, 6.45) is 4.66. The van der Waals surface area contributed by atoms with Crippen molar-refractivity contribution in [3.63, 3.8) is 0 Å². The summed E-state index contributed by atoms with van der Waals surface area (Å²) in [7, 11) is 0. The van der Waals surface area contributed by atoms with Crippen LogP contribution in [0.3, 0.4) is 0 Å². The Morgan fingerprint density at radius 2 is 1.62 bits per heavy atom. The van der Waals surface area contributed by atoms with Crippen molar-refractivity contribution in [2.75, 3.05) is 24.2 Å². The molecular weight excluding hydrogens is 383 g/mol. The standard InChI is InChI=1S/C16H21IO4/c17-10-6-1-2-7-11-20-12-13-21-16(19)15(18)14-8-4-3-5-9-14/h3-5,8-9H,1-2,6-7,10-13H2. The number of carbonyl (C=O) groups is 2. The van der Waals surface area contributed by atoms with E-state index in [1.807, 2.05) is 0 Å². The molecule has 0 aromatic heterocycles. The van der Waals surface area contributed by atoms with Crippen molar-refractivity contribution in [3.05, 3.63) is 35.9 Å². The van der Waals surface area contributed by atoms with Gasteiger partial charge in [0, 0.05) is 12.2 Å². The first-order chi connectivity index (χ1) is 10.3. The highest BCUT2D eigenvalue weighted by Crippen LogP contribution is 2.03. The first-order valence-electron chi connectivity index (χ1n) is 7.16. The molecule has 1 aromatic carbocycles. The van der Waals surface area contributed by atoms with Crippen LogP contribution >= 0.6 is 22.6 Å². The molecule has 116 valence electrons. The smallest absolute Gasteiger partial charge is 0.379 e. The van der Waals surface area contributed by atoms with Crippen molar-refractivity contribution >= 4 is 34.3 Å². The lowest BCUT2D eigenvalue weighted by Crippen LogP contribution is -2.20. The molecule has 0 aliphatic heterocycles. The largest absolute Gasteiger partial charge is 0.457 e. The van der Waals surface area contributed by atoms with Crippen LogP contribution in [0, 0.1) is 0 Å². The average Bonchev–Trinajstić information content (AvgIpc) is 2.53. The number of rotatable bonds is 11. The van der Waals surface area contributed by atoms with Gasteiger partial charge in [0.15, 0.2) is 0 Å². The van der Waals surface area contributed by atoms with Gasteiger partial charge in [0.2, 0.25) is 0 Å². The minimum absolute atomic E-state index is 0.116. The fraction of sp³-hybridized carbons (Fsp3) is 0.500. The van der Waals surface area contributed by atoms with Crippen LogP contribution in [-0.2, 0) is 14.3 Å². The number of benzene rings is 1. The number of ether oxygens (including phenoxy) is 2. The van der Waals surface area contributed by atoms with Crippen LogP contribution in [0.25, 0.3) is 0 Å². The van der Waals surface area contributed by atoms with Crippen LogP contribution in [0.15, 0.2) is 30.3 Å². The second-order valence-electron chi connectivity index (χ2n) is 4.55. The van der Waals surface area contributed by atoms with E-state index < -0.39 is 11.8 Å². The highest BCUT2D eigenvalue weighted by Gasteiger charge is 2.16. The summed E-state index contributed by atoms with van der Waals surface area (Å²) in [6.45, 7) is 1.12. The van der Waals surface area contributed by atoms with Crippen LogP contribution in [0.4, 0.5) is 0 Å². The van der Waals surface area contributed by atoms with E-state index in [-0.39, 0.29) is 6.61 Å². The number of Topliss-reactive ketones (excluding diaryl/α,β-unsaturated/α-hetero) is 1. The fourth-order valence-corrected chi connectivity index (χ4v) is 2.26. The van der Waals surface area contributed by atoms with Crippen LogP contribution < -0.4 is 0 Å². The van der Waals surface area contributed by atoms with Gasteiger partial charge >= 0.3 is 5.97 Å². The number of carbonyl (C=O) groups excluding carboxylic acids is 2. The number of esters is 1. The molecule has 5 heteroatoms. The van der Waals surface area contributed by atoms with Gasteiger partial charge in [-0.2, -0.15) is 0 Å². The van der Waals surface area contributed by atoms with E-state index >= 15 is 0 Å². The number of hydrogen-bond donors (Lipinski definition) is 0. The Morgan fingerprint density at radius 1 is 0.905 bits per heavy atom. The van der Waals surface area contributed by atoms with E-state index in [0.717, 1.165) is 12.8 Å². The molecule has 21 heavy (non-hydrogen) atoms. The second-order valence-corrected chi connectivity index (χ2v) is 5.63. The first-order valence-corrected chi connectivity index (χ1v) is 8.68. The summed E-state index contributed by atoms with van der Waals surface area (Å²) in [6, 6.07) is 8.39. The summed E-state index contributed by atoms with van der Waals surface area (Å²) in [5.74, 6) is -1.44. The van der Waals surface area contributed by atoms with Gasteiger partial charge in [0.1, 0.15) is 6.61 Å². The van der Waals surface area contributed by atoms with E-state index in [9.17, 15) is 9.59 Å². The maximum absolute atomic E-state index is 11.7. The summed E-state index contributed by atoms with van der Waals surface area (Å²) < 4.78 is 11.4. The summed E-state index contributed by atoms with van der Waals surface area (Å²) in [4.78, 5) is 23.2. The monoisotopic (exact) mass is 404 g/mol. The lowest BCUT2D eigenvalue weighted by Gasteiger charge is -2.05. The maximum atomic E-state index is 11.7. The van der Waals surface area contributed by atoms with Gasteiger partial charge in [0.05, 0.1) is 6.61 Å². The third-order valence-electron chi connectivity index (χ3n) is 2.85. The van der Waals surface area contributed by atoms with Crippen molar-refractivity contribution < 1.29 is 19.1 Å². The third-order valence-corrected chi connectivity index (χ3v) is 3.62. The predicted molar refractivity (Wildman–Crippen MR) is 89.9 cm³/mol. The fourth-order valence-electron chi connectivity index (χ4n) is 1.72. The molecule has 1 rings (SSSR count). The molecule has 0 saturated heterocycles. The topological polar surface area (TPSA) is 52.6 Å². The SMILES string of the molecule is O=C(OCCOCCCCCCI)C(=O)c1ccccc1. The number of halogens is 1. The molecule has 4 nitrogen and oxygen atoms in total. The van der Waals surface area contributed by atoms with E-state index in [2.05, 4.69) is 22.6 Å². The molecule has 0 spiro atoms. The lowest BCUT2D eigenvalue weighted by atomic mass is 10.1. The molecule has 0 radical (unpaired) electrons. The molecule has 0 heterocycles. The van der Waals surface area contributed by atoms with Crippen LogP contribution in [0.5, 0.6) is 0 Å². The Morgan fingerprint density at radius 3 is 2.33 bits per heavy atom. The highest BCUT2D eigenvalue weighted by atomic mass is 127. The van der Waals surface area contributed by atoms with E-state index in [0.29, 0.717) is 18.8 Å². The molecule has 0 N–H and O–H groups in total. The van der Waals surface area contributed by atoms with Crippen molar-refractivity contribution in [1.82, 2.24) is 0 Å². The van der Waals surface area contributed by atoms with Crippen LogP contribution in [0.1, 0.15) is 36.0 Å². The van der Waals surface area contributed by atoms with Gasteiger partial charge in [-0.15, -0.1) is 0 Å². The zero-order chi connectivity index (χ0) is 15.3. The van der Waals surface area contributed by atoms with Gasteiger partial charge in [-0.25, -0.2) is 4.79 Å². The summed E-state index contributed by atoms with van der Waals surface area (Å²) in [5.41, 5.74) is 0.346. The summed E-state index contributed by atoms with van der Waals surface area (Å²) in [5, 5.41) is 0. The second kappa shape index (κ2) is 11.7. The van der Waals surface area contributed by atoms with Crippen LogP contribution in [-0.4, -0.2) is 36.0 Å². The van der Waals surface area contributed by atoms with Crippen molar-refractivity contribution in [1.29, 1.82) is 0 Å². The highest BCUT2D eigenvalue weighted by molar-refractivity contribution is 14.1. The zero-order valence-corrected chi connectivity index (χ0v) is 14.2. The Balaban J connectivity index is 2.05. The van der Waals surface area contributed by atoms with Crippen molar-refractivity contribution in [2.24, 2.45) is 0 Å². The summed E-state index contributed by atoms with van der Waals surface area (Å²) >= 11 is 2.37. The van der Waals surface area contributed by atoms with Gasteiger partial charge < -0.3 is 9.47 Å². The maximum Gasteiger partial charge on any atom is 0.379 e. The normalized spacial score (nSPS) is 10.3. The van der Waals surface area contributed by atoms with E-state index in [1.54, 1.807) is 30.3 Å². The first kappa shape index (κ1) is 18.1. The Kier molecular flexibility index (Phi) is 10.1. The van der Waals surface area contributed by atoms with Gasteiger partial charge in [-0.1, -0.05) is 65.8 Å². The van der Waals surface area contributed by atoms with Gasteiger partial charge in [-0.3, -0.25) is 4.79 Å². The lowest BCUT2D eigenvalue weighted by molar-refractivity contribution is -0.139. The predicted octanol–water partition coefficient (Wildman–Crippen LogP) is 3.42.